The van der Waals surface area contributed by atoms with Gasteiger partial charge in [-0.1, -0.05) is 109 Å². The summed E-state index contributed by atoms with van der Waals surface area (Å²) in [6.45, 7) is 0. The number of para-hydroxylation sites is 2. The zero-order valence-corrected chi connectivity index (χ0v) is 23.2. The first-order chi connectivity index (χ1) is 23.9. The topological polar surface area (TPSA) is 56.7 Å². The summed E-state index contributed by atoms with van der Waals surface area (Å²) in [5.74, 6) is 1.51. The summed E-state index contributed by atoms with van der Waals surface area (Å²) in [5.41, 5.74) is 5.31. The summed E-state index contributed by atoms with van der Waals surface area (Å²) in [5, 5.41) is 3.91. The maximum absolute atomic E-state index is 8.43. The van der Waals surface area contributed by atoms with Crippen LogP contribution in [0.1, 0.15) is 6.85 Å². The van der Waals surface area contributed by atoms with Gasteiger partial charge < -0.3 is 4.42 Å². The molecular formula is C39H24N4O. The molecule has 6 aromatic carbocycles. The highest BCUT2D eigenvalue weighted by atomic mass is 16.3. The molecule has 0 fully saturated rings. The van der Waals surface area contributed by atoms with Crippen LogP contribution in [0.15, 0.2) is 150 Å². The number of rotatable bonds is 4. The van der Waals surface area contributed by atoms with E-state index in [1.54, 1.807) is 12.1 Å². The van der Waals surface area contributed by atoms with Crippen LogP contribution in [0, 0.1) is 0 Å². The summed E-state index contributed by atoms with van der Waals surface area (Å²) in [6, 6.07) is 35.7. The summed E-state index contributed by atoms with van der Waals surface area (Å²) < 4.78 is 49.4. The normalized spacial score (nSPS) is 13.2. The molecule has 0 N–H and O–H groups in total. The van der Waals surface area contributed by atoms with Crippen LogP contribution in [0.4, 0.5) is 0 Å². The number of furan rings is 1. The van der Waals surface area contributed by atoms with Crippen molar-refractivity contribution in [1.29, 1.82) is 0 Å². The lowest BCUT2D eigenvalue weighted by molar-refractivity contribution is 0.669. The molecule has 0 amide bonds. The van der Waals surface area contributed by atoms with Crippen molar-refractivity contribution >= 4 is 43.7 Å². The molecule has 44 heavy (non-hydrogen) atoms. The van der Waals surface area contributed by atoms with Crippen LogP contribution in [-0.2, 0) is 0 Å². The van der Waals surface area contributed by atoms with Gasteiger partial charge in [-0.05, 0) is 47.5 Å². The minimum atomic E-state index is -0.425. The van der Waals surface area contributed by atoms with E-state index in [9.17, 15) is 0 Å². The van der Waals surface area contributed by atoms with Crippen LogP contribution in [0.5, 0.6) is 0 Å². The van der Waals surface area contributed by atoms with Crippen molar-refractivity contribution in [1.82, 2.24) is 19.5 Å². The lowest BCUT2D eigenvalue weighted by atomic mass is 10.0. The van der Waals surface area contributed by atoms with Gasteiger partial charge in [0, 0.05) is 32.7 Å². The zero-order chi connectivity index (χ0) is 33.4. The molecule has 9 aromatic rings. The van der Waals surface area contributed by atoms with Crippen LogP contribution in [0.25, 0.3) is 83.6 Å². The summed E-state index contributed by atoms with van der Waals surface area (Å²) in [6.07, 6.45) is 0. The third-order valence-corrected chi connectivity index (χ3v) is 7.96. The standard InChI is InChI=1S/C39H24N4O/c1-3-11-25(12-4-1)27-19-21-31-32-22-20-28(24-36(32)44-35(31)23-27)38-40-37(26-13-5-2-6-14-26)41-39(42-38)43-33-17-9-7-15-29(33)30-16-8-10-18-34(30)43/h1-24H/i1D,3D,4D,11D,12D. The Labute approximate surface area is 259 Å². The van der Waals surface area contributed by atoms with E-state index in [4.69, 9.17) is 26.2 Å². The average Bonchev–Trinajstić information content (AvgIpc) is 3.68. The predicted octanol–water partition coefficient (Wildman–Crippen LogP) is 9.87. The lowest BCUT2D eigenvalue weighted by Gasteiger charge is -2.10. The maximum atomic E-state index is 8.43. The van der Waals surface area contributed by atoms with Crippen LogP contribution in [-0.4, -0.2) is 19.5 Å². The number of aromatic nitrogens is 4. The second kappa shape index (κ2) is 9.75. The number of nitrogens with zero attached hydrogens (tertiary/aromatic N) is 4. The highest BCUT2D eigenvalue weighted by Gasteiger charge is 2.18. The molecule has 0 spiro atoms. The number of benzene rings is 6. The molecule has 5 nitrogen and oxygen atoms in total. The fourth-order valence-electron chi connectivity index (χ4n) is 5.91. The van der Waals surface area contributed by atoms with Gasteiger partial charge in [0.05, 0.1) is 17.9 Å². The first-order valence-corrected chi connectivity index (χ1v) is 14.2. The fourth-order valence-corrected chi connectivity index (χ4v) is 5.91. The monoisotopic (exact) mass is 569 g/mol. The number of hydrogen-bond donors (Lipinski definition) is 0. The van der Waals surface area contributed by atoms with E-state index in [0.717, 1.165) is 43.7 Å². The smallest absolute Gasteiger partial charge is 0.238 e. The molecule has 0 aliphatic rings. The molecule has 206 valence electrons. The molecule has 0 radical (unpaired) electrons. The van der Waals surface area contributed by atoms with Crippen LogP contribution < -0.4 is 0 Å². The highest BCUT2D eigenvalue weighted by Crippen LogP contribution is 2.35. The average molecular weight is 570 g/mol. The number of hydrogen-bond acceptors (Lipinski definition) is 4. The summed E-state index contributed by atoms with van der Waals surface area (Å²) >= 11 is 0. The first kappa shape index (κ1) is 19.9. The van der Waals surface area contributed by atoms with E-state index in [-0.39, 0.29) is 29.7 Å². The van der Waals surface area contributed by atoms with Crippen molar-refractivity contribution in [2.24, 2.45) is 0 Å². The van der Waals surface area contributed by atoms with Gasteiger partial charge in [0.1, 0.15) is 11.2 Å². The lowest BCUT2D eigenvalue weighted by Crippen LogP contribution is -2.06. The molecule has 0 saturated heterocycles. The Bertz CT molecular complexity index is 2710. The Kier molecular flexibility index (Phi) is 4.42. The van der Waals surface area contributed by atoms with Gasteiger partial charge in [-0.15, -0.1) is 0 Å². The SMILES string of the molecule is [2H]c1c([2H])c([2H])c(-c2ccc3c(c2)oc2cc(-c4nc(-c5ccccc5)nc(-n5c6ccccc6c6ccccc65)n4)ccc23)c([2H])c1[2H]. The van der Waals surface area contributed by atoms with Crippen molar-refractivity contribution in [3.63, 3.8) is 0 Å². The van der Waals surface area contributed by atoms with E-state index in [2.05, 4.69) is 28.8 Å². The molecule has 0 atom stereocenters. The highest BCUT2D eigenvalue weighted by molar-refractivity contribution is 6.09. The van der Waals surface area contributed by atoms with Gasteiger partial charge in [0.25, 0.3) is 0 Å². The van der Waals surface area contributed by atoms with Crippen LogP contribution in [0.2, 0.25) is 0 Å². The quantitative estimate of drug-likeness (QED) is 0.212. The van der Waals surface area contributed by atoms with Gasteiger partial charge in [-0.3, -0.25) is 4.57 Å². The maximum Gasteiger partial charge on any atom is 0.238 e. The molecule has 3 aromatic heterocycles. The van der Waals surface area contributed by atoms with Crippen molar-refractivity contribution in [2.45, 2.75) is 0 Å². The third kappa shape index (κ3) is 3.91. The molecule has 0 saturated carbocycles. The molecule has 0 bridgehead atoms. The second-order valence-corrected chi connectivity index (χ2v) is 10.5. The summed E-state index contributed by atoms with van der Waals surface area (Å²) in [7, 11) is 0. The van der Waals surface area contributed by atoms with Gasteiger partial charge in [-0.25, -0.2) is 4.98 Å². The Balaban J connectivity index is 1.23. The first-order valence-electron chi connectivity index (χ1n) is 16.7. The minimum Gasteiger partial charge on any atom is -0.456 e. The third-order valence-electron chi connectivity index (χ3n) is 7.96. The Morgan fingerprint density at radius 3 is 1.73 bits per heavy atom. The van der Waals surface area contributed by atoms with Crippen molar-refractivity contribution in [3.8, 4) is 39.9 Å². The van der Waals surface area contributed by atoms with Crippen molar-refractivity contribution in [2.75, 3.05) is 0 Å². The molecule has 0 unspecified atom stereocenters. The van der Waals surface area contributed by atoms with Gasteiger partial charge >= 0.3 is 0 Å². The zero-order valence-electron chi connectivity index (χ0n) is 28.2. The molecule has 5 heteroatoms. The molecule has 0 aliphatic carbocycles. The van der Waals surface area contributed by atoms with Crippen LogP contribution in [0.3, 0.4) is 0 Å². The van der Waals surface area contributed by atoms with E-state index in [1.807, 2.05) is 78.9 Å². The Morgan fingerprint density at radius 2 is 1.05 bits per heavy atom. The van der Waals surface area contributed by atoms with Gasteiger partial charge in [-0.2, -0.15) is 9.97 Å². The number of fused-ring (bicyclic) bond motifs is 6. The van der Waals surface area contributed by atoms with Crippen molar-refractivity contribution < 1.29 is 11.3 Å². The predicted molar refractivity (Wildman–Crippen MR) is 178 cm³/mol. The Hall–Kier alpha value is -6.07. The molecule has 3 heterocycles. The largest absolute Gasteiger partial charge is 0.456 e. The van der Waals surface area contributed by atoms with Crippen molar-refractivity contribution in [3.05, 3.63) is 145 Å². The molecule has 0 aliphatic heterocycles. The summed E-state index contributed by atoms with van der Waals surface area (Å²) in [4.78, 5) is 15.0. The Morgan fingerprint density at radius 1 is 0.477 bits per heavy atom. The van der Waals surface area contributed by atoms with Gasteiger partial charge in [0.15, 0.2) is 11.6 Å². The van der Waals surface area contributed by atoms with E-state index < -0.39 is 6.04 Å². The second-order valence-electron chi connectivity index (χ2n) is 10.5. The van der Waals surface area contributed by atoms with Crippen LogP contribution >= 0.6 is 0 Å². The van der Waals surface area contributed by atoms with E-state index in [0.29, 0.717) is 34.3 Å². The van der Waals surface area contributed by atoms with E-state index in [1.165, 1.54) is 0 Å². The fraction of sp³-hybridized carbons (Fsp3) is 0. The molecular weight excluding hydrogens is 540 g/mol. The molecule has 9 rings (SSSR count). The minimum absolute atomic E-state index is 0.130. The van der Waals surface area contributed by atoms with Gasteiger partial charge in [0.2, 0.25) is 5.95 Å². The van der Waals surface area contributed by atoms with E-state index >= 15 is 0 Å².